The van der Waals surface area contributed by atoms with Crippen molar-refractivity contribution in [2.45, 2.75) is 131 Å². The zero-order valence-electron chi connectivity index (χ0n) is 23.6. The van der Waals surface area contributed by atoms with Gasteiger partial charge in [0.15, 0.2) is 0 Å². The standard InChI is InChI=1S/C31H48O5/c1-8-28(4)13-9-14-29(5)21(28)12-15-30(6)22-11-10-20-19(3)35-27(34)26(20)31(22,7)24(17-23(29)30)36-25(33)16-18(2)32/h18-19,21-24,32H,8-17H2,1-7H3/t18?,19-,21?,22-,23+,24-,28-,29-,30-,31+/m0/s1. The van der Waals surface area contributed by atoms with Crippen molar-refractivity contribution in [3.8, 4) is 0 Å². The highest BCUT2D eigenvalue weighted by Gasteiger charge is 2.70. The molecule has 36 heavy (non-hydrogen) atoms. The van der Waals surface area contributed by atoms with Crippen LogP contribution in [-0.2, 0) is 19.1 Å². The summed E-state index contributed by atoms with van der Waals surface area (Å²) in [5, 5.41) is 9.90. The summed E-state index contributed by atoms with van der Waals surface area (Å²) in [6, 6.07) is 0. The predicted octanol–water partition coefficient (Wildman–Crippen LogP) is 6.37. The SMILES string of the molecule is CC[C@@]1(C)CCC[C@@]2(C)C1CC[C@@]1(C)[C@@H]3CCC4=C(C(=O)O[C@H]4C)[C@@]3(C)[C@@H](OC(=O)CC(C)O)C[C@@H]12. The molecule has 5 aliphatic rings. The molecule has 0 aromatic carbocycles. The van der Waals surface area contributed by atoms with Gasteiger partial charge < -0.3 is 14.6 Å². The summed E-state index contributed by atoms with van der Waals surface area (Å²) in [5.74, 6) is 0.811. The van der Waals surface area contributed by atoms with Crippen LogP contribution in [0, 0.1) is 39.4 Å². The van der Waals surface area contributed by atoms with Crippen molar-refractivity contribution < 1.29 is 24.2 Å². The summed E-state index contributed by atoms with van der Waals surface area (Å²) < 4.78 is 12.1. The normalized spacial score (nSPS) is 48.8. The van der Waals surface area contributed by atoms with E-state index in [2.05, 4.69) is 34.6 Å². The molecule has 202 valence electrons. The van der Waals surface area contributed by atoms with E-state index < -0.39 is 11.5 Å². The number of ether oxygens (including phenoxy) is 2. The van der Waals surface area contributed by atoms with Crippen molar-refractivity contribution in [3.05, 3.63) is 11.1 Å². The van der Waals surface area contributed by atoms with Gasteiger partial charge in [-0.3, -0.25) is 4.79 Å². The second-order valence-corrected chi connectivity index (χ2v) is 14.1. The quantitative estimate of drug-likeness (QED) is 0.454. The molecule has 0 spiro atoms. The van der Waals surface area contributed by atoms with Crippen LogP contribution in [-0.4, -0.2) is 35.4 Å². The zero-order valence-corrected chi connectivity index (χ0v) is 23.6. The van der Waals surface area contributed by atoms with Crippen LogP contribution in [0.2, 0.25) is 0 Å². The van der Waals surface area contributed by atoms with E-state index in [1.807, 2.05) is 6.92 Å². The number of cyclic esters (lactones) is 1. The summed E-state index contributed by atoms with van der Waals surface area (Å²) in [4.78, 5) is 26.3. The minimum absolute atomic E-state index is 0.0142. The molecule has 0 amide bonds. The van der Waals surface area contributed by atoms with E-state index in [0.717, 1.165) is 30.4 Å². The van der Waals surface area contributed by atoms with Crippen molar-refractivity contribution in [2.75, 3.05) is 0 Å². The van der Waals surface area contributed by atoms with E-state index in [1.54, 1.807) is 6.92 Å². The van der Waals surface area contributed by atoms with Crippen LogP contribution in [0.3, 0.4) is 0 Å². The van der Waals surface area contributed by atoms with Gasteiger partial charge in [-0.05, 0) is 98.4 Å². The summed E-state index contributed by atoms with van der Waals surface area (Å²) in [6.07, 6.45) is 8.82. The van der Waals surface area contributed by atoms with E-state index in [9.17, 15) is 14.7 Å². The number of fused-ring (bicyclic) bond motifs is 6. The lowest BCUT2D eigenvalue weighted by Crippen LogP contribution is -2.66. The molecule has 3 fully saturated rings. The van der Waals surface area contributed by atoms with Crippen molar-refractivity contribution in [3.63, 3.8) is 0 Å². The van der Waals surface area contributed by atoms with Gasteiger partial charge in [0, 0.05) is 11.0 Å². The molecular formula is C31H48O5. The molecule has 3 saturated carbocycles. The lowest BCUT2D eigenvalue weighted by Gasteiger charge is -2.70. The smallest absolute Gasteiger partial charge is 0.335 e. The van der Waals surface area contributed by atoms with Crippen LogP contribution in [0.5, 0.6) is 0 Å². The molecule has 1 aliphatic heterocycles. The molecule has 1 N–H and O–H groups in total. The Kier molecular flexibility index (Phi) is 6.26. The number of aliphatic hydroxyl groups excluding tert-OH is 1. The maximum atomic E-state index is 13.3. The molecule has 5 heteroatoms. The van der Waals surface area contributed by atoms with E-state index >= 15 is 0 Å². The first-order valence-corrected chi connectivity index (χ1v) is 14.6. The van der Waals surface area contributed by atoms with Crippen LogP contribution >= 0.6 is 0 Å². The molecule has 5 nitrogen and oxygen atoms in total. The van der Waals surface area contributed by atoms with Gasteiger partial charge >= 0.3 is 11.9 Å². The van der Waals surface area contributed by atoms with Crippen LogP contribution < -0.4 is 0 Å². The van der Waals surface area contributed by atoms with Crippen molar-refractivity contribution in [1.82, 2.24) is 0 Å². The third kappa shape index (κ3) is 3.50. The number of carbonyl (C=O) groups excluding carboxylic acids is 2. The van der Waals surface area contributed by atoms with Crippen LogP contribution in [0.15, 0.2) is 11.1 Å². The van der Waals surface area contributed by atoms with Crippen LogP contribution in [0.1, 0.15) is 113 Å². The average molecular weight is 501 g/mol. The number of rotatable bonds is 4. The Hall–Kier alpha value is -1.36. The third-order valence-corrected chi connectivity index (χ3v) is 12.4. The fourth-order valence-electron chi connectivity index (χ4n) is 10.6. The highest BCUT2D eigenvalue weighted by atomic mass is 16.6. The first kappa shape index (κ1) is 26.3. The van der Waals surface area contributed by atoms with E-state index in [1.165, 1.54) is 38.5 Å². The zero-order chi connectivity index (χ0) is 26.3. The van der Waals surface area contributed by atoms with Gasteiger partial charge in [-0.25, -0.2) is 4.79 Å². The highest BCUT2D eigenvalue weighted by molar-refractivity contribution is 5.94. The van der Waals surface area contributed by atoms with E-state index in [-0.39, 0.29) is 47.3 Å². The average Bonchev–Trinajstić information content (AvgIpc) is 3.08. The summed E-state index contributed by atoms with van der Waals surface area (Å²) in [5.41, 5.74) is 2.01. The number of carbonyl (C=O) groups is 2. The maximum absolute atomic E-state index is 13.3. The summed E-state index contributed by atoms with van der Waals surface area (Å²) >= 11 is 0. The first-order valence-electron chi connectivity index (χ1n) is 14.6. The summed E-state index contributed by atoms with van der Waals surface area (Å²) in [6.45, 7) is 15.7. The Morgan fingerprint density at radius 2 is 1.78 bits per heavy atom. The molecule has 2 unspecified atom stereocenters. The van der Waals surface area contributed by atoms with Gasteiger partial charge in [-0.1, -0.05) is 47.5 Å². The minimum Gasteiger partial charge on any atom is -0.461 e. The molecule has 1 heterocycles. The molecule has 0 saturated heterocycles. The number of aliphatic hydroxyl groups is 1. The number of hydrogen-bond donors (Lipinski definition) is 1. The molecule has 0 aromatic heterocycles. The maximum Gasteiger partial charge on any atom is 0.335 e. The van der Waals surface area contributed by atoms with Gasteiger partial charge in [0.1, 0.15) is 12.2 Å². The Morgan fingerprint density at radius 1 is 1.08 bits per heavy atom. The minimum atomic E-state index is -0.743. The van der Waals surface area contributed by atoms with Gasteiger partial charge in [0.2, 0.25) is 0 Å². The fraction of sp³-hybridized carbons (Fsp3) is 0.871. The highest BCUT2D eigenvalue weighted by Crippen LogP contribution is 2.74. The van der Waals surface area contributed by atoms with Gasteiger partial charge in [-0.15, -0.1) is 0 Å². The Morgan fingerprint density at radius 3 is 2.44 bits per heavy atom. The molecule has 0 radical (unpaired) electrons. The van der Waals surface area contributed by atoms with Crippen molar-refractivity contribution in [2.24, 2.45) is 39.4 Å². The largest absolute Gasteiger partial charge is 0.461 e. The molecule has 0 bridgehead atoms. The molecular weight excluding hydrogens is 452 g/mol. The third-order valence-electron chi connectivity index (χ3n) is 12.4. The van der Waals surface area contributed by atoms with Crippen LogP contribution in [0.25, 0.3) is 0 Å². The Labute approximate surface area is 217 Å². The second-order valence-electron chi connectivity index (χ2n) is 14.1. The number of esters is 2. The first-order chi connectivity index (χ1) is 16.8. The predicted molar refractivity (Wildman–Crippen MR) is 139 cm³/mol. The van der Waals surface area contributed by atoms with Crippen LogP contribution in [0.4, 0.5) is 0 Å². The van der Waals surface area contributed by atoms with Gasteiger partial charge in [0.05, 0.1) is 12.5 Å². The van der Waals surface area contributed by atoms with E-state index in [4.69, 9.17) is 9.47 Å². The lowest BCUT2D eigenvalue weighted by atomic mass is 9.35. The molecule has 4 aliphatic carbocycles. The molecule has 5 rings (SSSR count). The second kappa shape index (κ2) is 8.58. The Bertz CT molecular complexity index is 968. The Balaban J connectivity index is 1.61. The fourth-order valence-corrected chi connectivity index (χ4v) is 10.6. The number of hydrogen-bond acceptors (Lipinski definition) is 5. The van der Waals surface area contributed by atoms with Gasteiger partial charge in [0.25, 0.3) is 0 Å². The molecule has 10 atom stereocenters. The van der Waals surface area contributed by atoms with E-state index in [0.29, 0.717) is 17.3 Å². The van der Waals surface area contributed by atoms with Crippen molar-refractivity contribution >= 4 is 11.9 Å². The molecule has 0 aromatic rings. The van der Waals surface area contributed by atoms with Crippen molar-refractivity contribution in [1.29, 1.82) is 0 Å². The lowest BCUT2D eigenvalue weighted by molar-refractivity contribution is -0.228. The van der Waals surface area contributed by atoms with Gasteiger partial charge in [-0.2, -0.15) is 0 Å². The monoisotopic (exact) mass is 500 g/mol. The topological polar surface area (TPSA) is 72.8 Å². The summed E-state index contributed by atoms with van der Waals surface area (Å²) in [7, 11) is 0.